The Kier molecular flexibility index (Phi) is 5.66. The molecular formula is C17H23NO2. The van der Waals surface area contributed by atoms with E-state index >= 15 is 0 Å². The maximum absolute atomic E-state index is 11.9. The molecule has 0 aromatic heterocycles. The van der Waals surface area contributed by atoms with Gasteiger partial charge < -0.3 is 10.1 Å². The molecule has 0 atom stereocenters. The van der Waals surface area contributed by atoms with Gasteiger partial charge in [-0.15, -0.1) is 0 Å². The highest BCUT2D eigenvalue weighted by atomic mass is 16.5. The molecule has 1 amide bonds. The largest absolute Gasteiger partial charge is 0.493 e. The van der Waals surface area contributed by atoms with Crippen LogP contribution in [0.5, 0.6) is 5.75 Å². The van der Waals surface area contributed by atoms with Crippen LogP contribution in [0.2, 0.25) is 0 Å². The Balaban J connectivity index is 1.93. The highest BCUT2D eigenvalue weighted by Gasteiger charge is 2.15. The summed E-state index contributed by atoms with van der Waals surface area (Å²) >= 11 is 0. The van der Waals surface area contributed by atoms with E-state index in [0.717, 1.165) is 30.6 Å². The molecule has 1 aliphatic rings. The van der Waals surface area contributed by atoms with Gasteiger partial charge in [-0.1, -0.05) is 38.0 Å². The van der Waals surface area contributed by atoms with Crippen LogP contribution in [0, 0.1) is 0 Å². The molecule has 0 unspecified atom stereocenters. The molecule has 3 nitrogen and oxygen atoms in total. The van der Waals surface area contributed by atoms with Gasteiger partial charge in [-0.25, -0.2) is 0 Å². The molecule has 1 saturated carbocycles. The predicted octanol–water partition coefficient (Wildman–Crippen LogP) is 3.55. The number of carbonyl (C=O) groups excluding carboxylic acids is 1. The van der Waals surface area contributed by atoms with Crippen LogP contribution in [0.15, 0.2) is 30.3 Å². The Hall–Kier alpha value is -1.77. The minimum Gasteiger partial charge on any atom is -0.493 e. The smallest absolute Gasteiger partial charge is 0.244 e. The van der Waals surface area contributed by atoms with Crippen molar-refractivity contribution in [3.63, 3.8) is 0 Å². The summed E-state index contributed by atoms with van der Waals surface area (Å²) in [7, 11) is 0. The van der Waals surface area contributed by atoms with Crippen molar-refractivity contribution in [1.82, 2.24) is 5.32 Å². The first kappa shape index (κ1) is 14.6. The molecule has 3 heteroatoms. The zero-order chi connectivity index (χ0) is 14.2. The van der Waals surface area contributed by atoms with Crippen LogP contribution in [0.4, 0.5) is 0 Å². The molecule has 0 spiro atoms. The number of para-hydroxylation sites is 1. The molecule has 0 aliphatic heterocycles. The molecule has 1 aromatic rings. The van der Waals surface area contributed by atoms with E-state index in [4.69, 9.17) is 4.74 Å². The summed E-state index contributed by atoms with van der Waals surface area (Å²) in [5.74, 6) is 0.821. The van der Waals surface area contributed by atoms with Gasteiger partial charge in [0.1, 0.15) is 5.75 Å². The predicted molar refractivity (Wildman–Crippen MR) is 81.7 cm³/mol. The highest BCUT2D eigenvalue weighted by molar-refractivity contribution is 5.92. The molecule has 108 valence electrons. The van der Waals surface area contributed by atoms with Crippen molar-refractivity contribution < 1.29 is 9.53 Å². The maximum atomic E-state index is 11.9. The van der Waals surface area contributed by atoms with Crippen molar-refractivity contribution >= 4 is 12.0 Å². The lowest BCUT2D eigenvalue weighted by Crippen LogP contribution is -2.30. The first-order valence-corrected chi connectivity index (χ1v) is 7.50. The molecule has 1 aliphatic carbocycles. The zero-order valence-electron chi connectivity index (χ0n) is 12.1. The number of nitrogens with one attached hydrogen (secondary N) is 1. The SMILES string of the molecule is CCCOc1ccccc1/C=C/C(=O)NC1CCCC1. The molecule has 0 radical (unpaired) electrons. The van der Waals surface area contributed by atoms with Gasteiger partial charge in [0.25, 0.3) is 0 Å². The Morgan fingerprint density at radius 2 is 2.10 bits per heavy atom. The molecule has 2 rings (SSSR count). The number of benzene rings is 1. The molecule has 1 aromatic carbocycles. The van der Waals surface area contributed by atoms with E-state index < -0.39 is 0 Å². The van der Waals surface area contributed by atoms with Crippen LogP contribution in [-0.2, 0) is 4.79 Å². The Morgan fingerprint density at radius 1 is 1.35 bits per heavy atom. The Morgan fingerprint density at radius 3 is 2.85 bits per heavy atom. The third-order valence-corrected chi connectivity index (χ3v) is 3.50. The van der Waals surface area contributed by atoms with Crippen molar-refractivity contribution in [2.45, 2.75) is 45.1 Å². The fraction of sp³-hybridized carbons (Fsp3) is 0.471. The van der Waals surface area contributed by atoms with Crippen molar-refractivity contribution in [2.75, 3.05) is 6.61 Å². The summed E-state index contributed by atoms with van der Waals surface area (Å²) in [5, 5.41) is 3.05. The number of hydrogen-bond donors (Lipinski definition) is 1. The lowest BCUT2D eigenvalue weighted by atomic mass is 10.2. The number of hydrogen-bond acceptors (Lipinski definition) is 2. The van der Waals surface area contributed by atoms with Crippen LogP contribution >= 0.6 is 0 Å². The lowest BCUT2D eigenvalue weighted by Gasteiger charge is -2.10. The van der Waals surface area contributed by atoms with Crippen LogP contribution < -0.4 is 10.1 Å². The van der Waals surface area contributed by atoms with Crippen LogP contribution in [0.25, 0.3) is 6.08 Å². The first-order chi connectivity index (χ1) is 9.79. The summed E-state index contributed by atoms with van der Waals surface area (Å²) in [4.78, 5) is 11.9. The minimum absolute atomic E-state index is 0.0119. The summed E-state index contributed by atoms with van der Waals surface area (Å²) in [5.41, 5.74) is 0.947. The molecule has 1 N–H and O–H groups in total. The van der Waals surface area contributed by atoms with Gasteiger partial charge >= 0.3 is 0 Å². The quantitative estimate of drug-likeness (QED) is 0.805. The summed E-state index contributed by atoms with van der Waals surface area (Å²) in [6, 6.07) is 8.15. The van der Waals surface area contributed by atoms with Crippen molar-refractivity contribution in [2.24, 2.45) is 0 Å². The average Bonchev–Trinajstić information content (AvgIpc) is 2.96. The zero-order valence-corrected chi connectivity index (χ0v) is 12.1. The van der Waals surface area contributed by atoms with Gasteiger partial charge in [0.05, 0.1) is 6.61 Å². The summed E-state index contributed by atoms with van der Waals surface area (Å²) in [6.45, 7) is 2.77. The van der Waals surface area contributed by atoms with E-state index in [2.05, 4.69) is 12.2 Å². The third-order valence-electron chi connectivity index (χ3n) is 3.50. The van der Waals surface area contributed by atoms with Crippen molar-refractivity contribution in [3.05, 3.63) is 35.9 Å². The van der Waals surface area contributed by atoms with Crippen LogP contribution in [-0.4, -0.2) is 18.6 Å². The van der Waals surface area contributed by atoms with E-state index in [1.807, 2.05) is 30.3 Å². The number of carbonyl (C=O) groups is 1. The van der Waals surface area contributed by atoms with E-state index in [9.17, 15) is 4.79 Å². The maximum Gasteiger partial charge on any atom is 0.244 e. The lowest BCUT2D eigenvalue weighted by molar-refractivity contribution is -0.117. The summed E-state index contributed by atoms with van der Waals surface area (Å²) in [6.07, 6.45) is 9.07. The molecule has 20 heavy (non-hydrogen) atoms. The summed E-state index contributed by atoms with van der Waals surface area (Å²) < 4.78 is 5.67. The monoisotopic (exact) mass is 273 g/mol. The fourth-order valence-corrected chi connectivity index (χ4v) is 2.45. The highest BCUT2D eigenvalue weighted by Crippen LogP contribution is 2.20. The normalized spacial score (nSPS) is 15.7. The van der Waals surface area contributed by atoms with Crippen LogP contribution in [0.1, 0.15) is 44.6 Å². The van der Waals surface area contributed by atoms with Crippen molar-refractivity contribution in [1.29, 1.82) is 0 Å². The van der Waals surface area contributed by atoms with Gasteiger partial charge in [0.15, 0.2) is 0 Å². The van der Waals surface area contributed by atoms with Crippen molar-refractivity contribution in [3.8, 4) is 5.75 Å². The Bertz CT molecular complexity index is 462. The standard InChI is InChI=1S/C17H23NO2/c1-2-13-20-16-10-6-3-7-14(16)11-12-17(19)18-15-8-4-5-9-15/h3,6-7,10-12,15H,2,4-5,8-9,13H2,1H3,(H,18,19)/b12-11+. The fourth-order valence-electron chi connectivity index (χ4n) is 2.45. The molecule has 0 heterocycles. The first-order valence-electron chi connectivity index (χ1n) is 7.50. The van der Waals surface area contributed by atoms with Crippen LogP contribution in [0.3, 0.4) is 0 Å². The topological polar surface area (TPSA) is 38.3 Å². The molecule has 0 bridgehead atoms. The average molecular weight is 273 g/mol. The number of amides is 1. The van der Waals surface area contributed by atoms with E-state index in [1.54, 1.807) is 6.08 Å². The van der Waals surface area contributed by atoms with E-state index in [0.29, 0.717) is 12.6 Å². The molecular weight excluding hydrogens is 250 g/mol. The van der Waals surface area contributed by atoms with Gasteiger partial charge in [0, 0.05) is 17.7 Å². The third kappa shape index (κ3) is 4.41. The minimum atomic E-state index is -0.0119. The van der Waals surface area contributed by atoms with Gasteiger partial charge in [-0.2, -0.15) is 0 Å². The Labute approximate surface area is 121 Å². The second-order valence-electron chi connectivity index (χ2n) is 5.21. The molecule has 1 fully saturated rings. The van der Waals surface area contributed by atoms with E-state index in [-0.39, 0.29) is 5.91 Å². The second kappa shape index (κ2) is 7.73. The van der Waals surface area contributed by atoms with E-state index in [1.165, 1.54) is 12.8 Å². The number of ether oxygens (including phenoxy) is 1. The molecule has 0 saturated heterocycles. The second-order valence-corrected chi connectivity index (χ2v) is 5.21. The van der Waals surface area contributed by atoms with Gasteiger partial charge in [-0.05, 0) is 31.4 Å². The van der Waals surface area contributed by atoms with Gasteiger partial charge in [0.2, 0.25) is 5.91 Å². The number of rotatable bonds is 6. The van der Waals surface area contributed by atoms with Gasteiger partial charge in [-0.3, -0.25) is 4.79 Å².